The quantitative estimate of drug-likeness (QED) is 0.366. The number of anilines is 1. The van der Waals surface area contributed by atoms with E-state index in [1.807, 2.05) is 19.2 Å². The van der Waals surface area contributed by atoms with Gasteiger partial charge in [0.2, 0.25) is 0 Å². The highest BCUT2D eigenvalue weighted by molar-refractivity contribution is 5.80. The van der Waals surface area contributed by atoms with Crippen molar-refractivity contribution in [2.75, 3.05) is 71.4 Å². The molecule has 1 saturated carbocycles. The van der Waals surface area contributed by atoms with Crippen LogP contribution in [-0.2, 0) is 0 Å². The van der Waals surface area contributed by atoms with Crippen LogP contribution in [0.2, 0.25) is 0 Å². The summed E-state index contributed by atoms with van der Waals surface area (Å²) in [7, 11) is 3.60. The summed E-state index contributed by atoms with van der Waals surface area (Å²) < 4.78 is 5.27. The van der Waals surface area contributed by atoms with Gasteiger partial charge in [0.1, 0.15) is 5.75 Å². The number of benzene rings is 1. The van der Waals surface area contributed by atoms with Crippen molar-refractivity contribution in [2.45, 2.75) is 50.6 Å². The summed E-state index contributed by atoms with van der Waals surface area (Å²) in [5.74, 6) is 1.89. The van der Waals surface area contributed by atoms with Gasteiger partial charge in [-0.3, -0.25) is 14.8 Å². The Hall–Kier alpha value is -1.99. The Labute approximate surface area is 194 Å². The summed E-state index contributed by atoms with van der Waals surface area (Å²) in [6.07, 6.45) is 8.00. The van der Waals surface area contributed by atoms with Crippen molar-refractivity contribution in [3.8, 4) is 5.75 Å². The van der Waals surface area contributed by atoms with Crippen LogP contribution in [-0.4, -0.2) is 94.4 Å². The first-order valence-corrected chi connectivity index (χ1v) is 12.6. The summed E-state index contributed by atoms with van der Waals surface area (Å²) >= 11 is 0. The number of likely N-dealkylation sites (tertiary alicyclic amines) is 1. The average molecular weight is 443 g/mol. The Balaban J connectivity index is 1.09. The van der Waals surface area contributed by atoms with E-state index < -0.39 is 0 Å². The van der Waals surface area contributed by atoms with E-state index in [0.717, 1.165) is 63.4 Å². The highest BCUT2D eigenvalue weighted by Crippen LogP contribution is 2.26. The van der Waals surface area contributed by atoms with E-state index in [9.17, 15) is 0 Å². The predicted molar refractivity (Wildman–Crippen MR) is 133 cm³/mol. The van der Waals surface area contributed by atoms with E-state index in [-0.39, 0.29) is 0 Å². The topological polar surface area (TPSA) is 55.4 Å². The van der Waals surface area contributed by atoms with Gasteiger partial charge in [-0.15, -0.1) is 0 Å². The van der Waals surface area contributed by atoms with Crippen LogP contribution in [0, 0.1) is 0 Å². The molecule has 7 nitrogen and oxygen atoms in total. The van der Waals surface area contributed by atoms with Gasteiger partial charge in [0.25, 0.3) is 0 Å². The average Bonchev–Trinajstić information content (AvgIpc) is 3.54. The Morgan fingerprint density at radius 1 is 1.03 bits per heavy atom. The minimum absolute atomic E-state index is 0.535. The molecule has 4 rings (SSSR count). The van der Waals surface area contributed by atoms with Gasteiger partial charge in [0.05, 0.1) is 7.11 Å². The van der Waals surface area contributed by atoms with Gasteiger partial charge in [-0.1, -0.05) is 12.8 Å². The van der Waals surface area contributed by atoms with Crippen molar-refractivity contribution in [2.24, 2.45) is 4.99 Å². The number of methoxy groups -OCH3 is 1. The zero-order valence-electron chi connectivity index (χ0n) is 20.1. The van der Waals surface area contributed by atoms with Crippen LogP contribution in [0.25, 0.3) is 0 Å². The van der Waals surface area contributed by atoms with E-state index in [1.54, 1.807) is 7.11 Å². The molecule has 2 aliphatic heterocycles. The monoisotopic (exact) mass is 442 g/mol. The van der Waals surface area contributed by atoms with E-state index in [2.05, 4.69) is 42.5 Å². The van der Waals surface area contributed by atoms with E-state index in [0.29, 0.717) is 6.04 Å². The zero-order valence-corrected chi connectivity index (χ0v) is 20.1. The normalized spacial score (nSPS) is 23.6. The minimum atomic E-state index is 0.535. The third kappa shape index (κ3) is 6.29. The second-order valence-electron chi connectivity index (χ2n) is 9.44. The van der Waals surface area contributed by atoms with E-state index >= 15 is 0 Å². The molecule has 1 aliphatic carbocycles. The first kappa shape index (κ1) is 23.2. The molecule has 0 spiro atoms. The van der Waals surface area contributed by atoms with Crippen LogP contribution < -0.4 is 20.3 Å². The number of hydrogen-bond donors (Lipinski definition) is 2. The summed E-state index contributed by atoms with van der Waals surface area (Å²) in [6.45, 7) is 8.93. The number of rotatable bonds is 8. The Morgan fingerprint density at radius 2 is 1.78 bits per heavy atom. The molecule has 7 heteroatoms. The molecule has 0 aromatic heterocycles. The minimum Gasteiger partial charge on any atom is -0.497 e. The Morgan fingerprint density at radius 3 is 2.47 bits per heavy atom. The second kappa shape index (κ2) is 11.8. The third-order valence-corrected chi connectivity index (χ3v) is 7.38. The molecule has 0 radical (unpaired) electrons. The van der Waals surface area contributed by atoms with Gasteiger partial charge in [0, 0.05) is 70.6 Å². The third-order valence-electron chi connectivity index (χ3n) is 7.38. The lowest BCUT2D eigenvalue weighted by Crippen LogP contribution is -2.48. The van der Waals surface area contributed by atoms with Gasteiger partial charge < -0.3 is 20.3 Å². The maximum absolute atomic E-state index is 5.27. The fourth-order valence-corrected chi connectivity index (χ4v) is 5.43. The summed E-state index contributed by atoms with van der Waals surface area (Å²) in [6, 6.07) is 9.79. The maximum atomic E-state index is 5.27. The highest BCUT2D eigenvalue weighted by Gasteiger charge is 2.30. The van der Waals surface area contributed by atoms with Gasteiger partial charge >= 0.3 is 0 Å². The van der Waals surface area contributed by atoms with Crippen LogP contribution in [0.5, 0.6) is 5.75 Å². The SMILES string of the molecule is CN=C(NCCCN1CCN(c2ccc(OC)cc2)CC1)NC1CCN(C2CCCC2)C1. The van der Waals surface area contributed by atoms with Crippen molar-refractivity contribution in [1.29, 1.82) is 0 Å². The first-order chi connectivity index (χ1) is 15.7. The molecular formula is C25H42N6O. The molecule has 32 heavy (non-hydrogen) atoms. The smallest absolute Gasteiger partial charge is 0.191 e. The van der Waals surface area contributed by atoms with Crippen LogP contribution in [0.1, 0.15) is 38.5 Å². The molecule has 0 amide bonds. The molecule has 1 aromatic carbocycles. The molecule has 2 heterocycles. The molecular weight excluding hydrogens is 400 g/mol. The Bertz CT molecular complexity index is 710. The van der Waals surface area contributed by atoms with Crippen LogP contribution in [0.15, 0.2) is 29.3 Å². The second-order valence-corrected chi connectivity index (χ2v) is 9.44. The number of piperazine rings is 1. The lowest BCUT2D eigenvalue weighted by atomic mass is 10.2. The largest absolute Gasteiger partial charge is 0.497 e. The zero-order chi connectivity index (χ0) is 22.2. The fourth-order valence-electron chi connectivity index (χ4n) is 5.43. The lowest BCUT2D eigenvalue weighted by molar-refractivity contribution is 0.242. The van der Waals surface area contributed by atoms with E-state index in [4.69, 9.17) is 4.74 Å². The fraction of sp³-hybridized carbons (Fsp3) is 0.720. The summed E-state index contributed by atoms with van der Waals surface area (Å²) in [5, 5.41) is 7.19. The van der Waals surface area contributed by atoms with Gasteiger partial charge in [-0.05, 0) is 56.5 Å². The number of aliphatic imine (C=N–C) groups is 1. The summed E-state index contributed by atoms with van der Waals surface area (Å²) in [5.41, 5.74) is 1.29. The number of ether oxygens (including phenoxy) is 1. The summed E-state index contributed by atoms with van der Waals surface area (Å²) in [4.78, 5) is 12.2. The molecule has 1 aromatic rings. The molecule has 3 aliphatic rings. The van der Waals surface area contributed by atoms with Gasteiger partial charge in [0.15, 0.2) is 5.96 Å². The predicted octanol–water partition coefficient (Wildman–Crippen LogP) is 2.39. The molecule has 2 saturated heterocycles. The molecule has 3 fully saturated rings. The molecule has 1 unspecified atom stereocenters. The number of guanidine groups is 1. The molecule has 1 atom stereocenters. The lowest BCUT2D eigenvalue weighted by Gasteiger charge is -2.36. The van der Waals surface area contributed by atoms with E-state index in [1.165, 1.54) is 50.9 Å². The molecule has 2 N–H and O–H groups in total. The van der Waals surface area contributed by atoms with Crippen LogP contribution >= 0.6 is 0 Å². The van der Waals surface area contributed by atoms with Gasteiger partial charge in [-0.2, -0.15) is 0 Å². The number of hydrogen-bond acceptors (Lipinski definition) is 5. The maximum Gasteiger partial charge on any atom is 0.191 e. The molecule has 0 bridgehead atoms. The van der Waals surface area contributed by atoms with Crippen LogP contribution in [0.4, 0.5) is 5.69 Å². The van der Waals surface area contributed by atoms with Crippen molar-refractivity contribution in [1.82, 2.24) is 20.4 Å². The van der Waals surface area contributed by atoms with Gasteiger partial charge in [-0.25, -0.2) is 0 Å². The first-order valence-electron chi connectivity index (χ1n) is 12.6. The molecule has 178 valence electrons. The van der Waals surface area contributed by atoms with Crippen molar-refractivity contribution in [3.63, 3.8) is 0 Å². The number of nitrogens with zero attached hydrogens (tertiary/aromatic N) is 4. The van der Waals surface area contributed by atoms with Crippen molar-refractivity contribution >= 4 is 11.6 Å². The standard InChI is InChI=1S/C25H42N6O/c1-26-25(28-21-12-15-31(20-21)22-6-3-4-7-22)27-13-5-14-29-16-18-30(19-17-29)23-8-10-24(32-2)11-9-23/h8-11,21-22H,3-7,12-20H2,1-2H3,(H2,26,27,28). The number of nitrogens with one attached hydrogen (secondary N) is 2. The van der Waals surface area contributed by atoms with Crippen molar-refractivity contribution < 1.29 is 4.74 Å². The highest BCUT2D eigenvalue weighted by atomic mass is 16.5. The Kier molecular flexibility index (Phi) is 8.51. The van der Waals surface area contributed by atoms with Crippen molar-refractivity contribution in [3.05, 3.63) is 24.3 Å². The van der Waals surface area contributed by atoms with Crippen LogP contribution in [0.3, 0.4) is 0 Å².